The van der Waals surface area contributed by atoms with Crippen LogP contribution in [0.5, 0.6) is 0 Å². The van der Waals surface area contributed by atoms with E-state index in [4.69, 9.17) is 15.7 Å². The van der Waals surface area contributed by atoms with Gasteiger partial charge in [-0.05, 0) is 19.8 Å². The molecule has 0 bridgehead atoms. The standard InChI is InChI=1S/C13H20N4O3S/c1-9-8-21-10(16-9)2-5-15-12(18)13(11(14)17-19)3-6-20-7-4-13/h8,19H,2-7H2,1H3,(H2,14,17)(H,15,18). The van der Waals surface area contributed by atoms with Crippen LogP contribution in [0.2, 0.25) is 0 Å². The van der Waals surface area contributed by atoms with Crippen LogP contribution in [0, 0.1) is 12.3 Å². The fourth-order valence-electron chi connectivity index (χ4n) is 2.38. The maximum absolute atomic E-state index is 12.5. The molecule has 8 heteroatoms. The maximum atomic E-state index is 12.5. The Morgan fingerprint density at radius 3 is 2.90 bits per heavy atom. The van der Waals surface area contributed by atoms with Gasteiger partial charge in [-0.2, -0.15) is 0 Å². The molecule has 1 amide bonds. The molecule has 1 fully saturated rings. The number of hydrogen-bond acceptors (Lipinski definition) is 6. The summed E-state index contributed by atoms with van der Waals surface area (Å²) in [6.45, 7) is 3.27. The van der Waals surface area contributed by atoms with E-state index >= 15 is 0 Å². The van der Waals surface area contributed by atoms with Gasteiger partial charge in [0.1, 0.15) is 5.41 Å². The van der Waals surface area contributed by atoms with E-state index in [9.17, 15) is 4.79 Å². The highest BCUT2D eigenvalue weighted by molar-refractivity contribution is 7.09. The number of rotatable bonds is 5. The molecule has 0 unspecified atom stereocenters. The number of thiazole rings is 1. The molecule has 7 nitrogen and oxygen atoms in total. The summed E-state index contributed by atoms with van der Waals surface area (Å²) in [6, 6.07) is 0. The predicted octanol–water partition coefficient (Wildman–Crippen LogP) is 0.653. The third-order valence-corrected chi connectivity index (χ3v) is 4.70. The fraction of sp³-hybridized carbons (Fsp3) is 0.615. The highest BCUT2D eigenvalue weighted by Crippen LogP contribution is 2.31. The van der Waals surface area contributed by atoms with Gasteiger partial charge in [-0.3, -0.25) is 4.79 Å². The van der Waals surface area contributed by atoms with Gasteiger partial charge in [0.2, 0.25) is 5.91 Å². The molecule has 0 spiro atoms. The van der Waals surface area contributed by atoms with E-state index in [0.29, 0.717) is 39.0 Å². The van der Waals surface area contributed by atoms with Crippen molar-refractivity contribution in [1.29, 1.82) is 0 Å². The lowest BCUT2D eigenvalue weighted by atomic mass is 9.78. The monoisotopic (exact) mass is 312 g/mol. The molecule has 0 saturated carbocycles. The predicted molar refractivity (Wildman–Crippen MR) is 79.5 cm³/mol. The zero-order chi connectivity index (χ0) is 15.3. The van der Waals surface area contributed by atoms with E-state index in [1.165, 1.54) is 0 Å². The molecular weight excluding hydrogens is 292 g/mol. The number of oxime groups is 1. The van der Waals surface area contributed by atoms with E-state index in [-0.39, 0.29) is 11.7 Å². The van der Waals surface area contributed by atoms with Crippen LogP contribution in [0.25, 0.3) is 0 Å². The van der Waals surface area contributed by atoms with E-state index in [1.54, 1.807) is 11.3 Å². The van der Waals surface area contributed by atoms with Crippen LogP contribution < -0.4 is 11.1 Å². The van der Waals surface area contributed by atoms with Crippen LogP contribution in [0.15, 0.2) is 10.5 Å². The van der Waals surface area contributed by atoms with Gasteiger partial charge in [-0.1, -0.05) is 5.16 Å². The van der Waals surface area contributed by atoms with Crippen LogP contribution >= 0.6 is 11.3 Å². The molecule has 0 aromatic carbocycles. The lowest BCUT2D eigenvalue weighted by Gasteiger charge is -2.34. The number of carbonyl (C=O) groups is 1. The smallest absolute Gasteiger partial charge is 0.234 e. The quantitative estimate of drug-likeness (QED) is 0.320. The Morgan fingerprint density at radius 2 is 2.33 bits per heavy atom. The van der Waals surface area contributed by atoms with Crippen LogP contribution in [0.4, 0.5) is 0 Å². The Morgan fingerprint density at radius 1 is 1.62 bits per heavy atom. The maximum Gasteiger partial charge on any atom is 0.234 e. The number of nitrogens with two attached hydrogens (primary N) is 1. The lowest BCUT2D eigenvalue weighted by molar-refractivity contribution is -0.131. The Bertz CT molecular complexity index is 523. The Kier molecular flexibility index (Phi) is 5.13. The first-order valence-corrected chi connectivity index (χ1v) is 7.71. The number of aryl methyl sites for hydroxylation is 1. The first kappa shape index (κ1) is 15.7. The molecule has 0 atom stereocenters. The van der Waals surface area contributed by atoms with Gasteiger partial charge in [0.05, 0.1) is 5.01 Å². The SMILES string of the molecule is Cc1csc(CCNC(=O)C2(C(N)=NO)CCOCC2)n1. The minimum absolute atomic E-state index is 0.0478. The third-order valence-electron chi connectivity index (χ3n) is 3.67. The molecule has 1 aromatic heterocycles. The van der Waals surface area contributed by atoms with Gasteiger partial charge in [0.15, 0.2) is 5.84 Å². The molecule has 116 valence electrons. The van der Waals surface area contributed by atoms with Crippen LogP contribution in [0.3, 0.4) is 0 Å². The number of aromatic nitrogens is 1. The minimum atomic E-state index is -0.966. The molecule has 0 aliphatic carbocycles. The molecule has 0 radical (unpaired) electrons. The van der Waals surface area contributed by atoms with Crippen molar-refractivity contribution < 1.29 is 14.7 Å². The summed E-state index contributed by atoms with van der Waals surface area (Å²) in [5, 5.41) is 17.8. The van der Waals surface area contributed by atoms with Crippen molar-refractivity contribution in [1.82, 2.24) is 10.3 Å². The van der Waals surface area contributed by atoms with Gasteiger partial charge in [-0.15, -0.1) is 11.3 Å². The topological polar surface area (TPSA) is 110 Å². The number of amidine groups is 1. The molecule has 4 N–H and O–H groups in total. The normalized spacial score (nSPS) is 18.4. The lowest BCUT2D eigenvalue weighted by Crippen LogP contribution is -2.53. The second kappa shape index (κ2) is 6.86. The zero-order valence-electron chi connectivity index (χ0n) is 12.0. The highest BCUT2D eigenvalue weighted by Gasteiger charge is 2.44. The molecule has 1 aliphatic heterocycles. The van der Waals surface area contributed by atoms with Crippen LogP contribution in [-0.4, -0.2) is 41.7 Å². The highest BCUT2D eigenvalue weighted by atomic mass is 32.1. The van der Waals surface area contributed by atoms with E-state index in [1.807, 2.05) is 12.3 Å². The molecular formula is C13H20N4O3S. The van der Waals surface area contributed by atoms with Crippen LogP contribution in [-0.2, 0) is 16.0 Å². The number of nitrogens with one attached hydrogen (secondary N) is 1. The Balaban J connectivity index is 1.95. The number of hydrogen-bond donors (Lipinski definition) is 3. The van der Waals surface area contributed by atoms with Crippen molar-refractivity contribution in [3.05, 3.63) is 16.1 Å². The average molecular weight is 312 g/mol. The molecule has 2 rings (SSSR count). The average Bonchev–Trinajstić information content (AvgIpc) is 2.92. The molecule has 1 saturated heterocycles. The van der Waals surface area contributed by atoms with Crippen molar-refractivity contribution in [2.24, 2.45) is 16.3 Å². The first-order chi connectivity index (χ1) is 10.1. The zero-order valence-corrected chi connectivity index (χ0v) is 12.8. The van der Waals surface area contributed by atoms with Crippen LogP contribution in [0.1, 0.15) is 23.5 Å². The fourth-order valence-corrected chi connectivity index (χ4v) is 3.16. The summed E-state index contributed by atoms with van der Waals surface area (Å²) >= 11 is 1.58. The van der Waals surface area contributed by atoms with E-state index < -0.39 is 5.41 Å². The third kappa shape index (κ3) is 3.51. The van der Waals surface area contributed by atoms with Crippen molar-refractivity contribution in [3.63, 3.8) is 0 Å². The number of nitrogens with zero attached hydrogens (tertiary/aromatic N) is 2. The molecule has 1 aromatic rings. The molecule has 21 heavy (non-hydrogen) atoms. The van der Waals surface area contributed by atoms with E-state index in [2.05, 4.69) is 15.5 Å². The summed E-state index contributed by atoms with van der Waals surface area (Å²) in [5.74, 6) is -0.261. The molecule has 2 heterocycles. The summed E-state index contributed by atoms with van der Waals surface area (Å²) in [4.78, 5) is 16.8. The van der Waals surface area contributed by atoms with Crippen molar-refractivity contribution >= 4 is 23.1 Å². The molecule has 1 aliphatic rings. The van der Waals surface area contributed by atoms with Crippen molar-refractivity contribution in [2.75, 3.05) is 19.8 Å². The summed E-state index contributed by atoms with van der Waals surface area (Å²) in [7, 11) is 0. The van der Waals surface area contributed by atoms with E-state index in [0.717, 1.165) is 10.7 Å². The Labute approximate surface area is 127 Å². The second-order valence-electron chi connectivity index (χ2n) is 5.07. The van der Waals surface area contributed by atoms with Gasteiger partial charge in [-0.25, -0.2) is 4.98 Å². The minimum Gasteiger partial charge on any atom is -0.409 e. The number of ether oxygens (including phenoxy) is 1. The summed E-state index contributed by atoms with van der Waals surface area (Å²) in [6.07, 6.45) is 1.52. The largest absolute Gasteiger partial charge is 0.409 e. The van der Waals surface area contributed by atoms with Gasteiger partial charge >= 0.3 is 0 Å². The summed E-state index contributed by atoms with van der Waals surface area (Å²) in [5.41, 5.74) is 5.76. The number of amides is 1. The van der Waals surface area contributed by atoms with Gasteiger partial charge < -0.3 is 21.0 Å². The van der Waals surface area contributed by atoms with Crippen molar-refractivity contribution in [3.8, 4) is 0 Å². The Hall–Kier alpha value is -1.67. The van der Waals surface area contributed by atoms with Crippen molar-refractivity contribution in [2.45, 2.75) is 26.2 Å². The second-order valence-corrected chi connectivity index (χ2v) is 6.01. The summed E-state index contributed by atoms with van der Waals surface area (Å²) < 4.78 is 5.27. The first-order valence-electron chi connectivity index (χ1n) is 6.83. The van der Waals surface area contributed by atoms with Gasteiger partial charge in [0, 0.05) is 37.3 Å². The number of carbonyl (C=O) groups excluding carboxylic acids is 1. The van der Waals surface area contributed by atoms with Gasteiger partial charge in [0.25, 0.3) is 0 Å².